The Morgan fingerprint density at radius 2 is 1.08 bits per heavy atom. The first-order valence-corrected chi connectivity index (χ1v) is 7.21. The van der Waals surface area contributed by atoms with Gasteiger partial charge in [-0.3, -0.25) is 0 Å². The van der Waals surface area contributed by atoms with Crippen molar-refractivity contribution in [2.75, 3.05) is 11.5 Å². The highest BCUT2D eigenvalue weighted by molar-refractivity contribution is 5.75. The molecule has 0 aromatic heterocycles. The van der Waals surface area contributed by atoms with Crippen LogP contribution in [0, 0.1) is 0 Å². The molecule has 0 heterocycles. The van der Waals surface area contributed by atoms with Crippen LogP contribution in [0.3, 0.4) is 0 Å². The van der Waals surface area contributed by atoms with Gasteiger partial charge in [-0.2, -0.15) is 13.2 Å². The van der Waals surface area contributed by atoms with E-state index < -0.39 is 11.7 Å². The van der Waals surface area contributed by atoms with Gasteiger partial charge in [-0.1, -0.05) is 60.7 Å². The number of alkyl halides is 3. The van der Waals surface area contributed by atoms with Crippen molar-refractivity contribution in [3.05, 3.63) is 84.4 Å². The van der Waals surface area contributed by atoms with Crippen LogP contribution in [0.1, 0.15) is 5.56 Å². The van der Waals surface area contributed by atoms with Crippen molar-refractivity contribution in [3.8, 4) is 11.1 Å². The van der Waals surface area contributed by atoms with Crippen LogP contribution in [-0.2, 0) is 6.18 Å². The number of rotatable bonds is 1. The van der Waals surface area contributed by atoms with Crippen LogP contribution in [0.5, 0.6) is 0 Å². The minimum absolute atomic E-state index is 0.236. The predicted molar refractivity (Wildman–Crippen MR) is 92.1 cm³/mol. The van der Waals surface area contributed by atoms with E-state index in [1.807, 2.05) is 42.5 Å². The van der Waals surface area contributed by atoms with Crippen LogP contribution in [0.2, 0.25) is 0 Å². The van der Waals surface area contributed by atoms with E-state index in [1.54, 1.807) is 0 Å². The first kappa shape index (κ1) is 17.4. The average molecular weight is 330 g/mol. The number of nitrogen functional groups attached to an aromatic ring is 2. The number of halogens is 3. The van der Waals surface area contributed by atoms with Crippen molar-refractivity contribution in [1.82, 2.24) is 0 Å². The molecule has 0 bridgehead atoms. The van der Waals surface area contributed by atoms with Crippen molar-refractivity contribution >= 4 is 11.4 Å². The van der Waals surface area contributed by atoms with E-state index in [0.717, 1.165) is 17.3 Å². The van der Waals surface area contributed by atoms with Gasteiger partial charge < -0.3 is 11.5 Å². The fourth-order valence-electron chi connectivity index (χ4n) is 2.13. The van der Waals surface area contributed by atoms with Gasteiger partial charge in [0.05, 0.1) is 5.56 Å². The average Bonchev–Trinajstić information content (AvgIpc) is 2.56. The third-order valence-corrected chi connectivity index (χ3v) is 3.31. The van der Waals surface area contributed by atoms with E-state index in [9.17, 15) is 13.2 Å². The molecule has 0 aliphatic carbocycles. The third kappa shape index (κ3) is 4.52. The molecule has 3 aromatic rings. The summed E-state index contributed by atoms with van der Waals surface area (Å²) in [4.78, 5) is 0. The number of hydrogen-bond donors (Lipinski definition) is 2. The SMILES string of the molecule is Nc1ccccc1-c1ccccc1.Nc1ccccc1C(F)(F)F. The van der Waals surface area contributed by atoms with Crippen molar-refractivity contribution in [3.63, 3.8) is 0 Å². The maximum absolute atomic E-state index is 12.0. The normalized spacial score (nSPS) is 10.6. The molecular weight excluding hydrogens is 313 g/mol. The third-order valence-electron chi connectivity index (χ3n) is 3.31. The summed E-state index contributed by atoms with van der Waals surface area (Å²) in [5, 5.41) is 0. The fraction of sp³-hybridized carbons (Fsp3) is 0.0526. The van der Waals surface area contributed by atoms with Gasteiger partial charge in [0.2, 0.25) is 0 Å². The van der Waals surface area contributed by atoms with Gasteiger partial charge >= 0.3 is 6.18 Å². The molecule has 3 aromatic carbocycles. The zero-order valence-electron chi connectivity index (χ0n) is 12.8. The predicted octanol–water partition coefficient (Wildman–Crippen LogP) is 5.22. The molecule has 124 valence electrons. The molecule has 5 heteroatoms. The Kier molecular flexibility index (Phi) is 5.47. The highest BCUT2D eigenvalue weighted by Gasteiger charge is 2.32. The summed E-state index contributed by atoms with van der Waals surface area (Å²) in [6, 6.07) is 23.0. The van der Waals surface area contributed by atoms with Gasteiger partial charge in [0.15, 0.2) is 0 Å². The second kappa shape index (κ2) is 7.55. The fourth-order valence-corrected chi connectivity index (χ4v) is 2.13. The summed E-state index contributed by atoms with van der Waals surface area (Å²) in [7, 11) is 0. The lowest BCUT2D eigenvalue weighted by atomic mass is 10.0. The number of hydrogen-bond acceptors (Lipinski definition) is 2. The number of anilines is 2. The van der Waals surface area contributed by atoms with Crippen LogP contribution < -0.4 is 11.5 Å². The van der Waals surface area contributed by atoms with Gasteiger partial charge in [0, 0.05) is 16.9 Å². The van der Waals surface area contributed by atoms with Crippen LogP contribution in [0.15, 0.2) is 78.9 Å². The lowest BCUT2D eigenvalue weighted by Crippen LogP contribution is -2.07. The Hall–Kier alpha value is -2.95. The molecule has 0 amide bonds. The second-order valence-corrected chi connectivity index (χ2v) is 5.04. The summed E-state index contributed by atoms with van der Waals surface area (Å²) in [6.45, 7) is 0. The van der Waals surface area contributed by atoms with Crippen LogP contribution in [-0.4, -0.2) is 0 Å². The Bertz CT molecular complexity index is 784. The molecular formula is C19H17F3N2. The first-order chi connectivity index (χ1) is 11.4. The second-order valence-electron chi connectivity index (χ2n) is 5.04. The van der Waals surface area contributed by atoms with Crippen molar-refractivity contribution in [1.29, 1.82) is 0 Å². The molecule has 0 saturated carbocycles. The Morgan fingerprint density at radius 3 is 1.58 bits per heavy atom. The van der Waals surface area contributed by atoms with Gasteiger partial charge in [0.25, 0.3) is 0 Å². The van der Waals surface area contributed by atoms with Gasteiger partial charge in [-0.15, -0.1) is 0 Å². The molecule has 0 aliphatic heterocycles. The van der Waals surface area contributed by atoms with E-state index >= 15 is 0 Å². The first-order valence-electron chi connectivity index (χ1n) is 7.21. The highest BCUT2D eigenvalue weighted by atomic mass is 19.4. The molecule has 2 nitrogen and oxygen atoms in total. The molecule has 0 radical (unpaired) electrons. The zero-order valence-corrected chi connectivity index (χ0v) is 12.8. The minimum Gasteiger partial charge on any atom is -0.398 e. The highest BCUT2D eigenvalue weighted by Crippen LogP contribution is 2.32. The summed E-state index contributed by atoms with van der Waals surface area (Å²) < 4.78 is 35.9. The van der Waals surface area contributed by atoms with E-state index in [-0.39, 0.29) is 5.69 Å². The Morgan fingerprint density at radius 1 is 0.583 bits per heavy atom. The topological polar surface area (TPSA) is 52.0 Å². The molecule has 0 spiro atoms. The quantitative estimate of drug-likeness (QED) is 0.601. The Balaban J connectivity index is 0.000000177. The monoisotopic (exact) mass is 330 g/mol. The summed E-state index contributed by atoms with van der Waals surface area (Å²) in [5.74, 6) is 0. The smallest absolute Gasteiger partial charge is 0.398 e. The number of para-hydroxylation sites is 2. The molecule has 0 unspecified atom stereocenters. The van der Waals surface area contributed by atoms with Crippen molar-refractivity contribution in [2.45, 2.75) is 6.18 Å². The summed E-state index contributed by atoms with van der Waals surface area (Å²) in [5.41, 5.74) is 13.0. The molecule has 24 heavy (non-hydrogen) atoms. The lowest BCUT2D eigenvalue weighted by molar-refractivity contribution is -0.136. The number of nitrogens with two attached hydrogens (primary N) is 2. The standard InChI is InChI=1S/C12H11N.C7H6F3N/c13-12-9-5-4-8-11(12)10-6-2-1-3-7-10;8-7(9,10)5-3-1-2-4-6(5)11/h1-9H,13H2;1-4H,11H2. The summed E-state index contributed by atoms with van der Waals surface area (Å²) in [6.07, 6.45) is -4.34. The van der Waals surface area contributed by atoms with E-state index in [4.69, 9.17) is 11.5 Å². The maximum atomic E-state index is 12.0. The van der Waals surface area contributed by atoms with Crippen molar-refractivity contribution < 1.29 is 13.2 Å². The molecule has 0 aliphatic rings. The molecule has 0 fully saturated rings. The maximum Gasteiger partial charge on any atom is 0.418 e. The summed E-state index contributed by atoms with van der Waals surface area (Å²) >= 11 is 0. The van der Waals surface area contributed by atoms with Crippen LogP contribution in [0.4, 0.5) is 24.5 Å². The largest absolute Gasteiger partial charge is 0.418 e. The molecule has 4 N–H and O–H groups in total. The van der Waals surface area contributed by atoms with Gasteiger partial charge in [-0.05, 0) is 23.8 Å². The molecule has 0 atom stereocenters. The lowest BCUT2D eigenvalue weighted by Gasteiger charge is -2.07. The van der Waals surface area contributed by atoms with Gasteiger partial charge in [-0.25, -0.2) is 0 Å². The van der Waals surface area contributed by atoms with E-state index in [1.165, 1.54) is 23.8 Å². The minimum atomic E-state index is -4.34. The van der Waals surface area contributed by atoms with Crippen molar-refractivity contribution in [2.24, 2.45) is 0 Å². The molecule has 0 saturated heterocycles. The van der Waals surface area contributed by atoms with E-state index in [2.05, 4.69) is 12.1 Å². The number of benzene rings is 3. The Labute approximate surface area is 138 Å². The zero-order chi connectivity index (χ0) is 17.6. The van der Waals surface area contributed by atoms with E-state index in [0.29, 0.717) is 0 Å². The molecule has 3 rings (SSSR count). The van der Waals surface area contributed by atoms with Crippen LogP contribution >= 0.6 is 0 Å². The van der Waals surface area contributed by atoms with Crippen LogP contribution in [0.25, 0.3) is 11.1 Å². The van der Waals surface area contributed by atoms with Gasteiger partial charge in [0.1, 0.15) is 0 Å².